The van der Waals surface area contributed by atoms with Gasteiger partial charge in [0.1, 0.15) is 5.82 Å². The number of rotatable bonds is 4. The maximum Gasteiger partial charge on any atom is 0.416 e. The zero-order chi connectivity index (χ0) is 20.4. The van der Waals surface area contributed by atoms with Crippen molar-refractivity contribution in [1.29, 1.82) is 0 Å². The highest BCUT2D eigenvalue weighted by molar-refractivity contribution is 6.02. The number of ketones is 1. The van der Waals surface area contributed by atoms with Crippen molar-refractivity contribution in [2.45, 2.75) is 45.9 Å². The third-order valence-corrected chi connectivity index (χ3v) is 4.86. The molecule has 27 heavy (non-hydrogen) atoms. The molecule has 2 rings (SSSR count). The number of benzene rings is 1. The summed E-state index contributed by atoms with van der Waals surface area (Å²) in [5.74, 6) is -1.32. The molecule has 1 N–H and O–H groups in total. The van der Waals surface area contributed by atoms with Gasteiger partial charge in [-0.15, -0.1) is 0 Å². The summed E-state index contributed by atoms with van der Waals surface area (Å²) < 4.78 is 51.8. The number of hydrogen-bond acceptors (Lipinski definition) is 2. The first kappa shape index (κ1) is 21.1. The Morgan fingerprint density at radius 1 is 1.22 bits per heavy atom. The molecule has 1 atom stereocenters. The summed E-state index contributed by atoms with van der Waals surface area (Å²) in [5.41, 5.74) is 0.161. The number of halogens is 4. The summed E-state index contributed by atoms with van der Waals surface area (Å²) in [5, 5.41) is 10.00. The van der Waals surface area contributed by atoms with Crippen LogP contribution >= 0.6 is 0 Å². The lowest BCUT2D eigenvalue weighted by Crippen LogP contribution is -2.27. The smallest absolute Gasteiger partial charge is 0.389 e. The van der Waals surface area contributed by atoms with Gasteiger partial charge >= 0.3 is 6.18 Å². The molecular formula is C21H22F4O2. The van der Waals surface area contributed by atoms with Crippen LogP contribution < -0.4 is 0 Å². The van der Waals surface area contributed by atoms with Crippen molar-refractivity contribution in [2.75, 3.05) is 0 Å². The Labute approximate surface area is 155 Å². The average molecular weight is 382 g/mol. The lowest BCUT2D eigenvalue weighted by molar-refractivity contribution is -0.137. The van der Waals surface area contributed by atoms with Crippen LogP contribution in [0.3, 0.4) is 0 Å². The third-order valence-electron chi connectivity index (χ3n) is 4.86. The lowest BCUT2D eigenvalue weighted by atomic mass is 9.71. The van der Waals surface area contributed by atoms with Gasteiger partial charge in [-0.05, 0) is 72.8 Å². The number of alkyl halides is 3. The predicted octanol–water partition coefficient (Wildman–Crippen LogP) is 5.48. The predicted molar refractivity (Wildman–Crippen MR) is 96.3 cm³/mol. The van der Waals surface area contributed by atoms with Crippen LogP contribution in [0.4, 0.5) is 17.6 Å². The van der Waals surface area contributed by atoms with E-state index in [9.17, 15) is 27.5 Å². The normalized spacial score (nSPS) is 20.7. The van der Waals surface area contributed by atoms with Gasteiger partial charge in [0.05, 0.1) is 11.7 Å². The second kappa shape index (κ2) is 7.80. The molecule has 1 aromatic rings. The van der Waals surface area contributed by atoms with Crippen molar-refractivity contribution >= 4 is 11.9 Å². The van der Waals surface area contributed by atoms with Crippen LogP contribution in [-0.4, -0.2) is 17.0 Å². The van der Waals surface area contributed by atoms with Crippen molar-refractivity contribution < 1.29 is 27.5 Å². The maximum absolute atomic E-state index is 13.7. The highest BCUT2D eigenvalue weighted by Crippen LogP contribution is 2.40. The van der Waals surface area contributed by atoms with E-state index in [0.717, 1.165) is 35.8 Å². The number of carbonyl (C=O) groups excluding carboxylic acids is 1. The Kier molecular flexibility index (Phi) is 6.10. The number of carbonyl (C=O) groups is 1. The average Bonchev–Trinajstić information content (AvgIpc) is 2.56. The summed E-state index contributed by atoms with van der Waals surface area (Å²) >= 11 is 0. The molecule has 1 aliphatic rings. The van der Waals surface area contributed by atoms with E-state index in [-0.39, 0.29) is 11.0 Å². The second-order valence-corrected chi connectivity index (χ2v) is 7.34. The first-order chi connectivity index (χ1) is 12.4. The Morgan fingerprint density at radius 2 is 1.85 bits per heavy atom. The monoisotopic (exact) mass is 382 g/mol. The minimum absolute atomic E-state index is 0.197. The number of hydrogen-bond donors (Lipinski definition) is 1. The molecule has 6 heteroatoms. The van der Waals surface area contributed by atoms with Crippen LogP contribution in [0.25, 0.3) is 6.08 Å². The standard InChI is InChI=1S/C21H22F4O2/c1-13-17(20(2,3)11-10-19(13)27)8-7-16(26)6-4-14-12-15(21(23,24)25)5-9-18(14)22/h4-9,12,19,27H,10-11H2,1-3H3/b6-4+,8-7+. The van der Waals surface area contributed by atoms with Crippen molar-refractivity contribution in [3.63, 3.8) is 0 Å². The van der Waals surface area contributed by atoms with Gasteiger partial charge in [0.15, 0.2) is 5.78 Å². The van der Waals surface area contributed by atoms with Gasteiger partial charge in [-0.1, -0.05) is 19.9 Å². The SMILES string of the molecule is CC1=C(/C=C/C(=O)/C=C/c2cc(C(F)(F)F)ccc2F)C(C)(C)CCC1O. The number of aliphatic hydroxyl groups excluding tert-OH is 1. The molecule has 2 nitrogen and oxygen atoms in total. The zero-order valence-corrected chi connectivity index (χ0v) is 15.4. The van der Waals surface area contributed by atoms with Crippen LogP contribution in [0.15, 0.2) is 47.6 Å². The van der Waals surface area contributed by atoms with Gasteiger partial charge in [-0.3, -0.25) is 4.79 Å². The van der Waals surface area contributed by atoms with Crippen LogP contribution in [0.2, 0.25) is 0 Å². The van der Waals surface area contributed by atoms with Crippen LogP contribution in [0, 0.1) is 11.2 Å². The molecule has 0 spiro atoms. The minimum Gasteiger partial charge on any atom is -0.389 e. The quantitative estimate of drug-likeness (QED) is 0.553. The fraction of sp³-hybridized carbons (Fsp3) is 0.381. The molecule has 146 valence electrons. The van der Waals surface area contributed by atoms with Gasteiger partial charge in [0, 0.05) is 5.56 Å². The highest BCUT2D eigenvalue weighted by Gasteiger charge is 2.31. The molecule has 0 aromatic heterocycles. The molecular weight excluding hydrogens is 360 g/mol. The third kappa shape index (κ3) is 5.16. The van der Waals surface area contributed by atoms with Gasteiger partial charge in [-0.2, -0.15) is 13.2 Å². The summed E-state index contributed by atoms with van der Waals surface area (Å²) in [6.45, 7) is 5.84. The Balaban J connectivity index is 2.21. The highest BCUT2D eigenvalue weighted by atomic mass is 19.4. The lowest BCUT2D eigenvalue weighted by Gasteiger charge is -2.35. The van der Waals surface area contributed by atoms with E-state index in [1.165, 1.54) is 6.08 Å². The molecule has 0 fully saturated rings. The Morgan fingerprint density at radius 3 is 2.48 bits per heavy atom. The van der Waals surface area contributed by atoms with Gasteiger partial charge in [0.2, 0.25) is 0 Å². The van der Waals surface area contributed by atoms with Crippen LogP contribution in [-0.2, 0) is 11.0 Å². The molecule has 1 unspecified atom stereocenters. The summed E-state index contributed by atoms with van der Waals surface area (Å²) in [6.07, 6.45) is 1.23. The van der Waals surface area contributed by atoms with Gasteiger partial charge in [-0.25, -0.2) is 4.39 Å². The van der Waals surface area contributed by atoms with E-state index in [1.54, 1.807) is 6.08 Å². The van der Waals surface area contributed by atoms with Gasteiger partial charge in [0.25, 0.3) is 0 Å². The number of aliphatic hydroxyl groups is 1. The Bertz CT molecular complexity index is 814. The van der Waals surface area contributed by atoms with Crippen molar-refractivity contribution in [3.8, 4) is 0 Å². The maximum atomic E-state index is 13.7. The Hall–Kier alpha value is -2.21. The van der Waals surface area contributed by atoms with E-state index in [0.29, 0.717) is 18.6 Å². The summed E-state index contributed by atoms with van der Waals surface area (Å²) in [7, 11) is 0. The molecule has 0 amide bonds. The van der Waals surface area contributed by atoms with Crippen molar-refractivity contribution in [2.24, 2.45) is 5.41 Å². The molecule has 1 aromatic carbocycles. The van der Waals surface area contributed by atoms with E-state index >= 15 is 0 Å². The first-order valence-corrected chi connectivity index (χ1v) is 8.58. The van der Waals surface area contributed by atoms with Gasteiger partial charge < -0.3 is 5.11 Å². The topological polar surface area (TPSA) is 37.3 Å². The fourth-order valence-electron chi connectivity index (χ4n) is 3.16. The zero-order valence-electron chi connectivity index (χ0n) is 15.4. The fourth-order valence-corrected chi connectivity index (χ4v) is 3.16. The molecule has 0 saturated heterocycles. The summed E-state index contributed by atoms with van der Waals surface area (Å²) in [6, 6.07) is 2.04. The molecule has 1 aliphatic carbocycles. The van der Waals surface area contributed by atoms with E-state index in [2.05, 4.69) is 0 Å². The first-order valence-electron chi connectivity index (χ1n) is 8.58. The van der Waals surface area contributed by atoms with E-state index in [1.807, 2.05) is 20.8 Å². The molecule has 0 radical (unpaired) electrons. The van der Waals surface area contributed by atoms with Crippen molar-refractivity contribution in [3.05, 3.63) is 64.5 Å². The van der Waals surface area contributed by atoms with E-state index in [4.69, 9.17) is 0 Å². The van der Waals surface area contributed by atoms with Crippen LogP contribution in [0.1, 0.15) is 44.7 Å². The second-order valence-electron chi connectivity index (χ2n) is 7.34. The van der Waals surface area contributed by atoms with Crippen LogP contribution in [0.5, 0.6) is 0 Å². The molecule has 0 saturated carbocycles. The number of allylic oxidation sites excluding steroid dienone is 4. The molecule has 0 heterocycles. The van der Waals surface area contributed by atoms with E-state index < -0.39 is 29.4 Å². The largest absolute Gasteiger partial charge is 0.416 e. The minimum atomic E-state index is -4.59. The molecule has 0 bridgehead atoms. The van der Waals surface area contributed by atoms with Crippen molar-refractivity contribution in [1.82, 2.24) is 0 Å². The summed E-state index contributed by atoms with van der Waals surface area (Å²) in [4.78, 5) is 12.0. The molecule has 0 aliphatic heterocycles.